The Kier molecular flexibility index (Phi) is 4.70. The molecule has 0 amide bonds. The van der Waals surface area contributed by atoms with E-state index in [-0.39, 0.29) is 5.25 Å². The van der Waals surface area contributed by atoms with E-state index in [9.17, 15) is 8.42 Å². The Morgan fingerprint density at radius 1 is 1.11 bits per heavy atom. The van der Waals surface area contributed by atoms with E-state index >= 15 is 0 Å². The predicted molar refractivity (Wildman–Crippen MR) is 75.4 cm³/mol. The molecule has 1 N–H and O–H groups in total. The lowest BCUT2D eigenvalue weighted by Gasteiger charge is -2.30. The Morgan fingerprint density at radius 2 is 1.83 bits per heavy atom. The highest BCUT2D eigenvalue weighted by Crippen LogP contribution is 2.31. The van der Waals surface area contributed by atoms with E-state index in [1.165, 1.54) is 25.5 Å². The van der Waals surface area contributed by atoms with Crippen molar-refractivity contribution in [1.29, 1.82) is 0 Å². The van der Waals surface area contributed by atoms with Crippen LogP contribution in [0.15, 0.2) is 0 Å². The lowest BCUT2D eigenvalue weighted by molar-refractivity contribution is 0.321. The Balaban J connectivity index is 1.79. The van der Waals surface area contributed by atoms with Gasteiger partial charge in [-0.1, -0.05) is 26.2 Å². The van der Waals surface area contributed by atoms with Gasteiger partial charge in [0.1, 0.15) is 9.84 Å². The van der Waals surface area contributed by atoms with Crippen molar-refractivity contribution >= 4 is 9.84 Å². The fourth-order valence-corrected chi connectivity index (χ4v) is 4.74. The quantitative estimate of drug-likeness (QED) is 0.855. The van der Waals surface area contributed by atoms with Gasteiger partial charge in [-0.15, -0.1) is 0 Å². The summed E-state index contributed by atoms with van der Waals surface area (Å²) in [6.07, 6.45) is 9.34. The molecule has 106 valence electrons. The summed E-state index contributed by atoms with van der Waals surface area (Å²) in [6.45, 7) is 3.43. The van der Waals surface area contributed by atoms with Crippen LogP contribution in [0, 0.1) is 11.8 Å². The fourth-order valence-electron chi connectivity index (χ4n) is 3.56. The minimum absolute atomic E-state index is 0.107. The fraction of sp³-hybridized carbons (Fsp3) is 1.00. The average molecular weight is 273 g/mol. The van der Waals surface area contributed by atoms with Crippen LogP contribution in [0.25, 0.3) is 0 Å². The van der Waals surface area contributed by atoms with Crippen molar-refractivity contribution in [1.82, 2.24) is 5.32 Å². The van der Waals surface area contributed by atoms with E-state index < -0.39 is 9.84 Å². The highest BCUT2D eigenvalue weighted by Gasteiger charge is 2.30. The van der Waals surface area contributed by atoms with Crippen LogP contribution in [0.2, 0.25) is 0 Å². The van der Waals surface area contributed by atoms with E-state index in [0.29, 0.717) is 6.04 Å². The van der Waals surface area contributed by atoms with Crippen LogP contribution in [-0.2, 0) is 9.84 Å². The molecule has 3 nitrogen and oxygen atoms in total. The first-order chi connectivity index (χ1) is 8.47. The monoisotopic (exact) mass is 273 g/mol. The summed E-state index contributed by atoms with van der Waals surface area (Å²) >= 11 is 0. The summed E-state index contributed by atoms with van der Waals surface area (Å²) in [5.74, 6) is 1.65. The molecule has 2 fully saturated rings. The van der Waals surface area contributed by atoms with Crippen LogP contribution in [0.4, 0.5) is 0 Å². The first-order valence-corrected chi connectivity index (χ1v) is 9.34. The number of hydrogen-bond acceptors (Lipinski definition) is 3. The van der Waals surface area contributed by atoms with Crippen molar-refractivity contribution in [3.05, 3.63) is 0 Å². The lowest BCUT2D eigenvalue weighted by Crippen LogP contribution is -2.41. The standard InChI is InChI=1S/C14H27NO2S/c1-11-5-3-6-12(11)10-15-13-7-4-8-14(9-13)18(2,16)17/h11-15H,3-10H2,1-2H3. The second kappa shape index (κ2) is 5.91. The first kappa shape index (κ1) is 14.3. The summed E-state index contributed by atoms with van der Waals surface area (Å²) in [7, 11) is -2.85. The SMILES string of the molecule is CC1CCCC1CNC1CCCC(S(C)(=O)=O)C1. The molecule has 0 radical (unpaired) electrons. The van der Waals surface area contributed by atoms with Crippen molar-refractivity contribution in [3.63, 3.8) is 0 Å². The number of nitrogens with one attached hydrogen (secondary N) is 1. The van der Waals surface area contributed by atoms with Gasteiger partial charge in [0.15, 0.2) is 0 Å². The zero-order valence-electron chi connectivity index (χ0n) is 11.7. The molecule has 0 bridgehead atoms. The largest absolute Gasteiger partial charge is 0.314 e. The number of hydrogen-bond donors (Lipinski definition) is 1. The molecular formula is C14H27NO2S. The smallest absolute Gasteiger partial charge is 0.150 e. The van der Waals surface area contributed by atoms with Crippen LogP contribution in [0.5, 0.6) is 0 Å². The zero-order valence-corrected chi connectivity index (χ0v) is 12.5. The van der Waals surface area contributed by atoms with Crippen molar-refractivity contribution in [2.24, 2.45) is 11.8 Å². The van der Waals surface area contributed by atoms with Gasteiger partial charge in [0.2, 0.25) is 0 Å². The second-order valence-corrected chi connectivity index (χ2v) is 8.72. The lowest BCUT2D eigenvalue weighted by atomic mass is 9.93. The molecule has 2 saturated carbocycles. The van der Waals surface area contributed by atoms with Gasteiger partial charge in [0.25, 0.3) is 0 Å². The molecule has 4 heteroatoms. The Hall–Kier alpha value is -0.0900. The highest BCUT2D eigenvalue weighted by atomic mass is 32.2. The molecule has 2 rings (SSSR count). The van der Waals surface area contributed by atoms with Crippen molar-refractivity contribution < 1.29 is 8.42 Å². The molecular weight excluding hydrogens is 246 g/mol. The van der Waals surface area contributed by atoms with E-state index in [0.717, 1.165) is 44.1 Å². The maximum atomic E-state index is 11.6. The third kappa shape index (κ3) is 3.70. The van der Waals surface area contributed by atoms with E-state index in [1.54, 1.807) is 0 Å². The van der Waals surface area contributed by atoms with Crippen molar-refractivity contribution in [3.8, 4) is 0 Å². The molecule has 0 aromatic rings. The Bertz CT molecular complexity index is 366. The second-order valence-electron chi connectivity index (χ2n) is 6.39. The molecule has 0 spiro atoms. The molecule has 0 saturated heterocycles. The molecule has 0 aromatic heterocycles. The highest BCUT2D eigenvalue weighted by molar-refractivity contribution is 7.91. The molecule has 2 aliphatic carbocycles. The van der Waals surface area contributed by atoms with Crippen molar-refractivity contribution in [2.45, 2.75) is 63.2 Å². The van der Waals surface area contributed by atoms with Gasteiger partial charge in [-0.2, -0.15) is 0 Å². The molecule has 0 heterocycles. The van der Waals surface area contributed by atoms with Gasteiger partial charge in [-0.05, 0) is 44.1 Å². The molecule has 2 aliphatic rings. The summed E-state index contributed by atoms with van der Waals surface area (Å²) in [6, 6.07) is 0.422. The minimum Gasteiger partial charge on any atom is -0.314 e. The summed E-state index contributed by atoms with van der Waals surface area (Å²) in [5.41, 5.74) is 0. The van der Waals surface area contributed by atoms with E-state index in [1.807, 2.05) is 0 Å². The zero-order chi connectivity index (χ0) is 13.2. The van der Waals surface area contributed by atoms with Gasteiger partial charge in [-0.25, -0.2) is 8.42 Å². The third-order valence-corrected chi connectivity index (χ3v) is 6.58. The summed E-state index contributed by atoms with van der Waals surface area (Å²) < 4.78 is 23.2. The summed E-state index contributed by atoms with van der Waals surface area (Å²) in [5, 5.41) is 3.52. The van der Waals surface area contributed by atoms with Gasteiger partial charge in [0.05, 0.1) is 5.25 Å². The van der Waals surface area contributed by atoms with Crippen LogP contribution >= 0.6 is 0 Å². The molecule has 4 atom stereocenters. The van der Waals surface area contributed by atoms with Crippen LogP contribution in [0.3, 0.4) is 0 Å². The Labute approximate surface area is 112 Å². The molecule has 4 unspecified atom stereocenters. The first-order valence-electron chi connectivity index (χ1n) is 7.39. The number of rotatable bonds is 4. The average Bonchev–Trinajstić information content (AvgIpc) is 2.72. The summed E-state index contributed by atoms with van der Waals surface area (Å²) in [4.78, 5) is 0. The van der Waals surface area contributed by atoms with Gasteiger partial charge >= 0.3 is 0 Å². The molecule has 0 aliphatic heterocycles. The number of sulfone groups is 1. The third-order valence-electron chi connectivity index (χ3n) is 4.94. The van der Waals surface area contributed by atoms with Crippen LogP contribution in [-0.4, -0.2) is 32.5 Å². The topological polar surface area (TPSA) is 46.2 Å². The predicted octanol–water partition coefficient (Wildman–Crippen LogP) is 2.37. The van der Waals surface area contributed by atoms with E-state index in [4.69, 9.17) is 0 Å². The normalized spacial score (nSPS) is 37.9. The van der Waals surface area contributed by atoms with Gasteiger partial charge in [0, 0.05) is 12.3 Å². The van der Waals surface area contributed by atoms with Gasteiger partial charge < -0.3 is 5.32 Å². The minimum atomic E-state index is -2.85. The van der Waals surface area contributed by atoms with Crippen LogP contribution in [0.1, 0.15) is 51.9 Å². The Morgan fingerprint density at radius 3 is 2.44 bits per heavy atom. The maximum absolute atomic E-state index is 11.6. The molecule has 0 aromatic carbocycles. The van der Waals surface area contributed by atoms with Crippen molar-refractivity contribution in [2.75, 3.05) is 12.8 Å². The van der Waals surface area contributed by atoms with E-state index in [2.05, 4.69) is 12.2 Å². The molecule has 18 heavy (non-hydrogen) atoms. The van der Waals surface area contributed by atoms with Gasteiger partial charge in [-0.3, -0.25) is 0 Å². The maximum Gasteiger partial charge on any atom is 0.150 e. The van der Waals surface area contributed by atoms with Crippen LogP contribution < -0.4 is 5.32 Å².